The third-order valence-corrected chi connectivity index (χ3v) is 3.03. The summed E-state index contributed by atoms with van der Waals surface area (Å²) in [6.07, 6.45) is 0. The fraction of sp³-hybridized carbons (Fsp3) is 0.312. The van der Waals surface area contributed by atoms with E-state index in [4.69, 9.17) is 13.9 Å². The maximum atomic E-state index is 12.0. The minimum Gasteiger partial charge on any atom is -0.493 e. The molecular formula is C16H19NO4. The van der Waals surface area contributed by atoms with Gasteiger partial charge < -0.3 is 18.8 Å². The Morgan fingerprint density at radius 1 is 1.19 bits per heavy atom. The SMILES string of the molecule is COc1ccccc1OCC(=O)N(C)Cc1ccc(C)o1. The Bertz CT molecular complexity index is 606. The quantitative estimate of drug-likeness (QED) is 0.820. The molecule has 0 fully saturated rings. The molecule has 0 saturated heterocycles. The van der Waals surface area contributed by atoms with E-state index in [0.29, 0.717) is 18.0 Å². The molecular weight excluding hydrogens is 270 g/mol. The normalized spacial score (nSPS) is 10.2. The van der Waals surface area contributed by atoms with Crippen molar-refractivity contribution >= 4 is 5.91 Å². The zero-order valence-electron chi connectivity index (χ0n) is 12.5. The topological polar surface area (TPSA) is 51.9 Å². The number of amides is 1. The van der Waals surface area contributed by atoms with E-state index in [1.165, 1.54) is 0 Å². The molecule has 2 rings (SSSR count). The third-order valence-electron chi connectivity index (χ3n) is 3.03. The summed E-state index contributed by atoms with van der Waals surface area (Å²) in [6, 6.07) is 11.0. The van der Waals surface area contributed by atoms with Crippen molar-refractivity contribution in [2.24, 2.45) is 0 Å². The molecule has 0 saturated carbocycles. The second-order valence-electron chi connectivity index (χ2n) is 4.70. The highest BCUT2D eigenvalue weighted by atomic mass is 16.5. The van der Waals surface area contributed by atoms with Gasteiger partial charge in [0.15, 0.2) is 18.1 Å². The van der Waals surface area contributed by atoms with Crippen LogP contribution in [0.1, 0.15) is 11.5 Å². The van der Waals surface area contributed by atoms with E-state index < -0.39 is 0 Å². The van der Waals surface area contributed by atoms with Crippen LogP contribution in [0.15, 0.2) is 40.8 Å². The van der Waals surface area contributed by atoms with Crippen molar-refractivity contribution in [2.45, 2.75) is 13.5 Å². The Morgan fingerprint density at radius 2 is 1.90 bits per heavy atom. The van der Waals surface area contributed by atoms with E-state index in [1.54, 1.807) is 31.2 Å². The molecule has 2 aromatic rings. The summed E-state index contributed by atoms with van der Waals surface area (Å²) in [6.45, 7) is 2.24. The van der Waals surface area contributed by atoms with Crippen molar-refractivity contribution in [2.75, 3.05) is 20.8 Å². The number of rotatable bonds is 6. The van der Waals surface area contributed by atoms with Crippen LogP contribution in [-0.2, 0) is 11.3 Å². The Kier molecular flexibility index (Phi) is 4.87. The van der Waals surface area contributed by atoms with Crippen LogP contribution in [0.3, 0.4) is 0 Å². The van der Waals surface area contributed by atoms with Crippen LogP contribution in [0.5, 0.6) is 11.5 Å². The number of para-hydroxylation sites is 2. The summed E-state index contributed by atoms with van der Waals surface area (Å²) < 4.78 is 16.1. The predicted octanol–water partition coefficient (Wildman–Crippen LogP) is 2.63. The van der Waals surface area contributed by atoms with Gasteiger partial charge in [0.1, 0.15) is 11.5 Å². The number of methoxy groups -OCH3 is 1. The zero-order chi connectivity index (χ0) is 15.2. The predicted molar refractivity (Wildman–Crippen MR) is 78.4 cm³/mol. The number of hydrogen-bond donors (Lipinski definition) is 0. The highest BCUT2D eigenvalue weighted by Crippen LogP contribution is 2.25. The molecule has 112 valence electrons. The van der Waals surface area contributed by atoms with Gasteiger partial charge in [-0.2, -0.15) is 0 Å². The van der Waals surface area contributed by atoms with Gasteiger partial charge >= 0.3 is 0 Å². The number of carbonyl (C=O) groups excluding carboxylic acids is 1. The number of furan rings is 1. The smallest absolute Gasteiger partial charge is 0.260 e. The largest absolute Gasteiger partial charge is 0.493 e. The van der Waals surface area contributed by atoms with E-state index in [2.05, 4.69) is 0 Å². The lowest BCUT2D eigenvalue weighted by atomic mass is 10.3. The molecule has 0 N–H and O–H groups in total. The van der Waals surface area contributed by atoms with Crippen molar-refractivity contribution in [1.82, 2.24) is 4.90 Å². The van der Waals surface area contributed by atoms with Crippen LogP contribution >= 0.6 is 0 Å². The van der Waals surface area contributed by atoms with Crippen LogP contribution in [0.2, 0.25) is 0 Å². The summed E-state index contributed by atoms with van der Waals surface area (Å²) in [7, 11) is 3.28. The second-order valence-corrected chi connectivity index (χ2v) is 4.70. The van der Waals surface area contributed by atoms with E-state index in [9.17, 15) is 4.79 Å². The number of likely N-dealkylation sites (N-methyl/N-ethyl adjacent to an activating group) is 1. The molecule has 0 radical (unpaired) electrons. The third kappa shape index (κ3) is 4.02. The average Bonchev–Trinajstić information content (AvgIpc) is 2.90. The Hall–Kier alpha value is -2.43. The summed E-state index contributed by atoms with van der Waals surface area (Å²) in [5.41, 5.74) is 0. The number of benzene rings is 1. The highest BCUT2D eigenvalue weighted by Gasteiger charge is 2.13. The number of carbonyl (C=O) groups is 1. The molecule has 1 aromatic heterocycles. The Balaban J connectivity index is 1.89. The van der Waals surface area contributed by atoms with Crippen LogP contribution in [0.25, 0.3) is 0 Å². The summed E-state index contributed by atoms with van der Waals surface area (Å²) in [4.78, 5) is 13.6. The van der Waals surface area contributed by atoms with E-state index >= 15 is 0 Å². The summed E-state index contributed by atoms with van der Waals surface area (Å²) in [5.74, 6) is 2.61. The summed E-state index contributed by atoms with van der Waals surface area (Å²) in [5, 5.41) is 0. The molecule has 1 heterocycles. The Labute approximate surface area is 124 Å². The van der Waals surface area contributed by atoms with Crippen LogP contribution in [0.4, 0.5) is 0 Å². The van der Waals surface area contributed by atoms with Gasteiger partial charge in [-0.25, -0.2) is 0 Å². The van der Waals surface area contributed by atoms with Gasteiger partial charge in [-0.15, -0.1) is 0 Å². The van der Waals surface area contributed by atoms with Gasteiger partial charge in [-0.05, 0) is 31.2 Å². The molecule has 5 nitrogen and oxygen atoms in total. The number of hydrogen-bond acceptors (Lipinski definition) is 4. The molecule has 0 spiro atoms. The minimum absolute atomic E-state index is 0.0451. The van der Waals surface area contributed by atoms with Crippen molar-refractivity contribution in [3.05, 3.63) is 47.9 Å². The zero-order valence-corrected chi connectivity index (χ0v) is 12.5. The number of aryl methyl sites for hydroxylation is 1. The molecule has 1 amide bonds. The lowest BCUT2D eigenvalue weighted by molar-refractivity contribution is -0.132. The lowest BCUT2D eigenvalue weighted by Gasteiger charge is -2.16. The monoisotopic (exact) mass is 289 g/mol. The number of nitrogens with zero attached hydrogens (tertiary/aromatic N) is 1. The van der Waals surface area contributed by atoms with Crippen molar-refractivity contribution in [3.63, 3.8) is 0 Å². The standard InChI is InChI=1S/C16H19NO4/c1-12-8-9-13(21-12)10-17(2)16(18)11-20-15-7-5-4-6-14(15)19-3/h4-9H,10-11H2,1-3H3. The highest BCUT2D eigenvalue weighted by molar-refractivity contribution is 5.77. The van der Waals surface area contributed by atoms with Crippen molar-refractivity contribution < 1.29 is 18.7 Å². The van der Waals surface area contributed by atoms with Gasteiger partial charge in [0, 0.05) is 7.05 Å². The van der Waals surface area contributed by atoms with Crippen molar-refractivity contribution in [3.8, 4) is 11.5 Å². The first-order chi connectivity index (χ1) is 10.1. The second kappa shape index (κ2) is 6.83. The van der Waals surface area contributed by atoms with E-state index in [-0.39, 0.29) is 12.5 Å². The van der Waals surface area contributed by atoms with Gasteiger partial charge in [0.05, 0.1) is 13.7 Å². The minimum atomic E-state index is -0.130. The lowest BCUT2D eigenvalue weighted by Crippen LogP contribution is -2.30. The van der Waals surface area contributed by atoms with Gasteiger partial charge in [-0.3, -0.25) is 4.79 Å². The van der Waals surface area contributed by atoms with Crippen LogP contribution < -0.4 is 9.47 Å². The first kappa shape index (κ1) is 15.0. The van der Waals surface area contributed by atoms with E-state index in [0.717, 1.165) is 11.5 Å². The van der Waals surface area contributed by atoms with Crippen molar-refractivity contribution in [1.29, 1.82) is 0 Å². The van der Waals surface area contributed by atoms with Crippen LogP contribution in [0, 0.1) is 6.92 Å². The molecule has 0 aliphatic carbocycles. The molecule has 0 atom stereocenters. The maximum Gasteiger partial charge on any atom is 0.260 e. The van der Waals surface area contributed by atoms with Gasteiger partial charge in [-0.1, -0.05) is 12.1 Å². The average molecular weight is 289 g/mol. The van der Waals surface area contributed by atoms with Gasteiger partial charge in [0.25, 0.3) is 5.91 Å². The first-order valence-electron chi connectivity index (χ1n) is 6.65. The fourth-order valence-electron chi connectivity index (χ4n) is 1.88. The Morgan fingerprint density at radius 3 is 2.52 bits per heavy atom. The molecule has 0 unspecified atom stereocenters. The molecule has 21 heavy (non-hydrogen) atoms. The first-order valence-corrected chi connectivity index (χ1v) is 6.65. The maximum absolute atomic E-state index is 12.0. The van der Waals surface area contributed by atoms with E-state index in [1.807, 2.05) is 31.2 Å². The summed E-state index contributed by atoms with van der Waals surface area (Å²) >= 11 is 0. The van der Waals surface area contributed by atoms with Crippen LogP contribution in [-0.4, -0.2) is 31.6 Å². The molecule has 5 heteroatoms. The fourth-order valence-corrected chi connectivity index (χ4v) is 1.88. The molecule has 0 bridgehead atoms. The number of ether oxygens (including phenoxy) is 2. The molecule has 1 aromatic carbocycles. The van der Waals surface area contributed by atoms with Gasteiger partial charge in [0.2, 0.25) is 0 Å². The molecule has 0 aliphatic heterocycles. The molecule has 0 aliphatic rings.